The van der Waals surface area contributed by atoms with Crippen molar-refractivity contribution in [3.8, 4) is 72.9 Å². The molecule has 0 aliphatic carbocycles. The van der Waals surface area contributed by atoms with Crippen LogP contribution in [0.3, 0.4) is 0 Å². The van der Waals surface area contributed by atoms with Gasteiger partial charge in [0, 0.05) is 82.3 Å². The van der Waals surface area contributed by atoms with Gasteiger partial charge in [0.1, 0.15) is 0 Å². The summed E-state index contributed by atoms with van der Waals surface area (Å²) in [5, 5.41) is 13.0. The van der Waals surface area contributed by atoms with Gasteiger partial charge in [-0.05, 0) is 212 Å². The van der Waals surface area contributed by atoms with E-state index < -0.39 is 0 Å². The second-order valence-electron chi connectivity index (χ2n) is 32.3. The van der Waals surface area contributed by atoms with E-state index in [1.807, 2.05) is 0 Å². The summed E-state index contributed by atoms with van der Waals surface area (Å²) in [6, 6.07) is 165. The molecule has 0 fully saturated rings. The first kappa shape index (κ1) is 76.8. The molecule has 592 valence electrons. The number of aromatic nitrogens is 5. The third-order valence-corrected chi connectivity index (χ3v) is 24.3. The molecule has 0 radical (unpaired) electrons. The van der Waals surface area contributed by atoms with Gasteiger partial charge in [-0.15, -0.1) is 0 Å². The van der Waals surface area contributed by atoms with Crippen LogP contribution >= 0.6 is 0 Å². The molecule has 0 aliphatic heterocycles. The number of hydrogen-bond acceptors (Lipinski definition) is 0. The van der Waals surface area contributed by atoms with Crippen LogP contribution < -0.4 is 0 Å². The third kappa shape index (κ3) is 14.8. The van der Waals surface area contributed by atoms with Crippen molar-refractivity contribution in [3.63, 3.8) is 0 Å². The Kier molecular flexibility index (Phi) is 20.9. The van der Waals surface area contributed by atoms with E-state index in [1.54, 1.807) is 0 Å². The van der Waals surface area contributed by atoms with Gasteiger partial charge < -0.3 is 22.8 Å². The Morgan fingerprint density at radius 1 is 0.137 bits per heavy atom. The van der Waals surface area contributed by atoms with Crippen molar-refractivity contribution < 1.29 is 0 Å². The maximum Gasteiger partial charge on any atom is 0.0547 e. The predicted octanol–water partition coefficient (Wildman–Crippen LogP) is 32.1. The molecule has 5 heterocycles. The van der Waals surface area contributed by atoms with Crippen molar-refractivity contribution in [2.75, 3.05) is 0 Å². The molecule has 5 aromatic heterocycles. The zero-order valence-electron chi connectivity index (χ0n) is 70.1. The average molecular weight is 1590 g/mol. The number of rotatable bonds is 9. The van der Waals surface area contributed by atoms with Gasteiger partial charge >= 0.3 is 0 Å². The highest BCUT2D eigenvalue weighted by Gasteiger charge is 2.20. The summed E-state index contributed by atoms with van der Waals surface area (Å²) in [6.45, 7) is 10.7. The van der Waals surface area contributed by atoms with E-state index in [0.717, 1.165) is 0 Å². The van der Waals surface area contributed by atoms with Crippen LogP contribution in [0.4, 0.5) is 0 Å². The lowest BCUT2D eigenvalue weighted by molar-refractivity contribution is 1.15. The summed E-state index contributed by atoms with van der Waals surface area (Å²) >= 11 is 0. The number of para-hydroxylation sites is 11. The fourth-order valence-corrected chi connectivity index (χ4v) is 18.2. The molecule has 5 heteroatoms. The highest BCUT2D eigenvalue weighted by atomic mass is 15.0. The summed E-state index contributed by atoms with van der Waals surface area (Å²) in [5.41, 5.74) is 35.1. The first-order chi connectivity index (χ1) is 61.1. The fraction of sp³-hybridized carbons (Fsp3) is 0.0420. The van der Waals surface area contributed by atoms with Crippen molar-refractivity contribution in [2.45, 2.75) is 34.6 Å². The summed E-state index contributed by atoms with van der Waals surface area (Å²) in [7, 11) is 0. The van der Waals surface area contributed by atoms with E-state index in [9.17, 15) is 0 Å². The van der Waals surface area contributed by atoms with Crippen LogP contribution in [-0.4, -0.2) is 22.8 Å². The molecule has 24 aromatic rings. The summed E-state index contributed by atoms with van der Waals surface area (Å²) < 4.78 is 11.8. The number of nitrogens with zero attached hydrogens (tertiary/aromatic N) is 5. The topological polar surface area (TPSA) is 24.6 Å². The average Bonchev–Trinajstić information content (AvgIpc) is 1.61. The standard InChI is InChI=1S/4C25H19N.C19H15N/c1-18-8-7-9-19(16-18)20-14-15-23-22-12-5-6-13-24(22)26(25(23)17-20)21-10-3-2-4-11-21;1-18-9-5-6-12-21(18)19-15-16-23-22-13-7-8-14-24(22)26(25(23)17-19)20-10-3-2-4-11-20;1-18-11-13-19(14-12-18)20-15-16-25-23(17-20)22-9-5-6-10-24(22)26(25)21-7-3-2-4-8-21;1-18-11-13-19(14-12-18)20-15-16-23-22-9-5-6-10-24(22)26(25(23)17-20)21-7-3-2-4-8-21;1-14-8-2-5-11-17(14)20-18-12-6-3-9-15(18)16-10-4-7-13-19(16)20/h4*2-17H,1H3;2-13H,1H3. The molecular weight excluding hydrogens is 1500 g/mol. The SMILES string of the molecule is Cc1ccc(-c2ccc3c(c2)c2ccccc2n3-c2ccccc2)cc1.Cc1ccc(-c2ccc3c4ccccc4n(-c4ccccc4)c3c2)cc1.Cc1cccc(-c2ccc3c4ccccc4n(-c4ccccc4)c3c2)c1.Cc1ccccc1-c1ccc2c3ccccc3n(-c3ccccc3)c2c1.Cc1ccccc1-n1c2ccccc2c2ccccc21. The summed E-state index contributed by atoms with van der Waals surface area (Å²) in [5.74, 6) is 0. The molecule has 0 atom stereocenters. The molecule has 0 bridgehead atoms. The lowest BCUT2D eigenvalue weighted by atomic mass is 9.99. The molecule has 0 N–H and O–H groups in total. The highest BCUT2D eigenvalue weighted by molar-refractivity contribution is 6.14. The van der Waals surface area contributed by atoms with Crippen molar-refractivity contribution >= 4 is 109 Å². The maximum absolute atomic E-state index is 2.37. The lowest BCUT2D eigenvalue weighted by Gasteiger charge is -2.10. The van der Waals surface area contributed by atoms with Crippen molar-refractivity contribution in [1.82, 2.24) is 22.8 Å². The Hall–Kier alpha value is -15.8. The molecule has 0 spiro atoms. The molecular formula is C119H91N5. The smallest absolute Gasteiger partial charge is 0.0547 e. The van der Waals surface area contributed by atoms with Gasteiger partial charge in [-0.25, -0.2) is 0 Å². The van der Waals surface area contributed by atoms with Crippen molar-refractivity contribution in [3.05, 3.63) is 489 Å². The summed E-state index contributed by atoms with van der Waals surface area (Å²) in [4.78, 5) is 0. The van der Waals surface area contributed by atoms with E-state index in [1.165, 1.54) is 210 Å². The zero-order chi connectivity index (χ0) is 83.6. The van der Waals surface area contributed by atoms with E-state index in [4.69, 9.17) is 0 Å². The van der Waals surface area contributed by atoms with Gasteiger partial charge in [-0.1, -0.05) is 356 Å². The largest absolute Gasteiger partial charge is 0.309 e. The Labute approximate surface area is 723 Å². The van der Waals surface area contributed by atoms with Crippen LogP contribution in [0.2, 0.25) is 0 Å². The molecule has 0 aliphatic rings. The monoisotopic (exact) mass is 1590 g/mol. The quantitative estimate of drug-likeness (QED) is 0.138. The lowest BCUT2D eigenvalue weighted by Crippen LogP contribution is -1.96. The minimum absolute atomic E-state index is 1.19. The maximum atomic E-state index is 2.37. The zero-order valence-corrected chi connectivity index (χ0v) is 70.1. The molecule has 0 saturated heterocycles. The van der Waals surface area contributed by atoms with Gasteiger partial charge in [-0.2, -0.15) is 0 Å². The van der Waals surface area contributed by atoms with Crippen LogP contribution in [-0.2, 0) is 0 Å². The molecule has 5 nitrogen and oxygen atoms in total. The minimum Gasteiger partial charge on any atom is -0.309 e. The Morgan fingerprint density at radius 2 is 0.411 bits per heavy atom. The van der Waals surface area contributed by atoms with Gasteiger partial charge in [0.2, 0.25) is 0 Å². The Bertz CT molecular complexity index is 7940. The first-order valence-electron chi connectivity index (χ1n) is 42.8. The van der Waals surface area contributed by atoms with Crippen LogP contribution in [0.1, 0.15) is 27.8 Å². The normalized spacial score (nSPS) is 11.3. The molecule has 124 heavy (non-hydrogen) atoms. The van der Waals surface area contributed by atoms with Crippen LogP contribution in [0.5, 0.6) is 0 Å². The van der Waals surface area contributed by atoms with Gasteiger partial charge in [0.25, 0.3) is 0 Å². The Morgan fingerprint density at radius 3 is 0.806 bits per heavy atom. The minimum atomic E-state index is 1.19. The van der Waals surface area contributed by atoms with Gasteiger partial charge in [0.15, 0.2) is 0 Å². The molecule has 0 amide bonds. The van der Waals surface area contributed by atoms with Crippen molar-refractivity contribution in [2.24, 2.45) is 0 Å². The first-order valence-corrected chi connectivity index (χ1v) is 42.8. The third-order valence-electron chi connectivity index (χ3n) is 24.3. The number of fused-ring (bicyclic) bond motifs is 15. The highest BCUT2D eigenvalue weighted by Crippen LogP contribution is 2.42. The number of benzene rings is 19. The molecule has 24 rings (SSSR count). The molecule has 19 aromatic carbocycles. The number of hydrogen-bond donors (Lipinski definition) is 0. The van der Waals surface area contributed by atoms with E-state index in [2.05, 4.69) is 518 Å². The second kappa shape index (κ2) is 33.8. The van der Waals surface area contributed by atoms with Gasteiger partial charge in [-0.3, -0.25) is 0 Å². The van der Waals surface area contributed by atoms with E-state index in [0.29, 0.717) is 0 Å². The predicted molar refractivity (Wildman–Crippen MR) is 529 cm³/mol. The van der Waals surface area contributed by atoms with Crippen molar-refractivity contribution in [1.29, 1.82) is 0 Å². The van der Waals surface area contributed by atoms with Crippen LogP contribution in [0, 0.1) is 34.6 Å². The number of aryl methyl sites for hydroxylation is 5. The molecule has 0 unspecified atom stereocenters. The fourth-order valence-electron chi connectivity index (χ4n) is 18.2. The summed E-state index contributed by atoms with van der Waals surface area (Å²) in [6.07, 6.45) is 0. The Balaban J connectivity index is 0.0000000984. The van der Waals surface area contributed by atoms with Crippen LogP contribution in [0.15, 0.2) is 461 Å². The molecule has 0 saturated carbocycles. The van der Waals surface area contributed by atoms with Crippen LogP contribution in [0.25, 0.3) is 182 Å². The van der Waals surface area contributed by atoms with Gasteiger partial charge in [0.05, 0.1) is 55.2 Å². The van der Waals surface area contributed by atoms with E-state index >= 15 is 0 Å². The second-order valence-corrected chi connectivity index (χ2v) is 32.3. The van der Waals surface area contributed by atoms with E-state index in [-0.39, 0.29) is 0 Å².